The number of unbranched alkanes of at least 4 members (excludes halogenated alkanes) is 2. The summed E-state index contributed by atoms with van der Waals surface area (Å²) < 4.78 is 0. The van der Waals surface area contributed by atoms with E-state index >= 15 is 0 Å². The van der Waals surface area contributed by atoms with E-state index in [0.717, 1.165) is 43.4 Å². The average molecular weight is 308 g/mol. The van der Waals surface area contributed by atoms with Crippen molar-refractivity contribution in [3.63, 3.8) is 0 Å². The van der Waals surface area contributed by atoms with E-state index in [9.17, 15) is 9.59 Å². The minimum atomic E-state index is -0.296. The van der Waals surface area contributed by atoms with Crippen LogP contribution in [0.2, 0.25) is 0 Å². The Kier molecular flexibility index (Phi) is 6.23. The van der Waals surface area contributed by atoms with Crippen LogP contribution in [0.3, 0.4) is 0 Å². The average Bonchev–Trinajstić information content (AvgIpc) is 3.05. The van der Waals surface area contributed by atoms with Crippen LogP contribution in [0.5, 0.6) is 0 Å². The smallest absolute Gasteiger partial charge is 0.264 e. The summed E-state index contributed by atoms with van der Waals surface area (Å²) in [7, 11) is 0. The van der Waals surface area contributed by atoms with Crippen molar-refractivity contribution in [1.29, 1.82) is 0 Å². The molecule has 21 heavy (non-hydrogen) atoms. The van der Waals surface area contributed by atoms with E-state index in [1.165, 1.54) is 11.3 Å². The predicted octanol–water partition coefficient (Wildman–Crippen LogP) is 3.05. The lowest BCUT2D eigenvalue weighted by atomic mass is 10.0. The lowest BCUT2D eigenvalue weighted by molar-refractivity contribution is -0.126. The zero-order valence-corrected chi connectivity index (χ0v) is 13.5. The van der Waals surface area contributed by atoms with E-state index < -0.39 is 0 Å². The van der Waals surface area contributed by atoms with Crippen molar-refractivity contribution < 1.29 is 9.59 Å². The Balaban J connectivity index is 1.95. The molecule has 1 aliphatic heterocycles. The van der Waals surface area contributed by atoms with Gasteiger partial charge in [0.15, 0.2) is 0 Å². The lowest BCUT2D eigenvalue weighted by Crippen LogP contribution is -2.51. The minimum absolute atomic E-state index is 0.00147. The number of amides is 2. The Bertz CT molecular complexity index is 459. The largest absolute Gasteiger partial charge is 0.354 e. The highest BCUT2D eigenvalue weighted by Gasteiger charge is 2.32. The van der Waals surface area contributed by atoms with Crippen LogP contribution in [0, 0.1) is 0 Å². The highest BCUT2D eigenvalue weighted by Crippen LogP contribution is 2.21. The maximum Gasteiger partial charge on any atom is 0.264 e. The molecular weight excluding hydrogens is 284 g/mol. The number of piperidine rings is 1. The molecule has 1 atom stereocenters. The Hall–Kier alpha value is -1.36. The van der Waals surface area contributed by atoms with Gasteiger partial charge in [0.1, 0.15) is 6.04 Å². The molecule has 0 aliphatic carbocycles. The number of rotatable bonds is 6. The molecule has 1 aromatic rings. The van der Waals surface area contributed by atoms with E-state index in [4.69, 9.17) is 0 Å². The topological polar surface area (TPSA) is 49.4 Å². The van der Waals surface area contributed by atoms with Crippen LogP contribution in [-0.4, -0.2) is 35.8 Å². The van der Waals surface area contributed by atoms with Crippen molar-refractivity contribution in [2.24, 2.45) is 0 Å². The molecular formula is C16H24N2O2S. The van der Waals surface area contributed by atoms with Gasteiger partial charge in [-0.2, -0.15) is 0 Å². The summed E-state index contributed by atoms with van der Waals surface area (Å²) in [4.78, 5) is 27.3. The first kappa shape index (κ1) is 16.0. The third-order valence-electron chi connectivity index (χ3n) is 3.88. The summed E-state index contributed by atoms with van der Waals surface area (Å²) in [6.45, 7) is 3.54. The molecule has 0 radical (unpaired) electrons. The van der Waals surface area contributed by atoms with Gasteiger partial charge in [0.2, 0.25) is 5.91 Å². The molecule has 1 fully saturated rings. The third-order valence-corrected chi connectivity index (χ3v) is 4.74. The molecule has 1 saturated heterocycles. The SMILES string of the molecule is CCCCCNC(=O)C1CCCCN1C(=O)c1cccs1. The van der Waals surface area contributed by atoms with Crippen molar-refractivity contribution in [3.05, 3.63) is 22.4 Å². The first-order chi connectivity index (χ1) is 10.2. The lowest BCUT2D eigenvalue weighted by Gasteiger charge is -2.34. The quantitative estimate of drug-likeness (QED) is 0.821. The monoisotopic (exact) mass is 308 g/mol. The molecule has 1 aromatic heterocycles. The van der Waals surface area contributed by atoms with E-state index in [2.05, 4.69) is 12.2 Å². The van der Waals surface area contributed by atoms with Crippen LogP contribution < -0.4 is 5.32 Å². The van der Waals surface area contributed by atoms with Crippen molar-refractivity contribution in [2.75, 3.05) is 13.1 Å². The summed E-state index contributed by atoms with van der Waals surface area (Å²) in [5.74, 6) is 0.00844. The van der Waals surface area contributed by atoms with Crippen LogP contribution >= 0.6 is 11.3 Å². The molecule has 116 valence electrons. The van der Waals surface area contributed by atoms with Gasteiger partial charge in [0, 0.05) is 13.1 Å². The van der Waals surface area contributed by atoms with Gasteiger partial charge in [-0.05, 0) is 37.1 Å². The number of carbonyl (C=O) groups excluding carboxylic acids is 2. The fourth-order valence-electron chi connectivity index (χ4n) is 2.69. The Morgan fingerprint density at radius 1 is 1.38 bits per heavy atom. The van der Waals surface area contributed by atoms with E-state index in [0.29, 0.717) is 13.1 Å². The molecule has 4 nitrogen and oxygen atoms in total. The van der Waals surface area contributed by atoms with Crippen molar-refractivity contribution in [1.82, 2.24) is 10.2 Å². The van der Waals surface area contributed by atoms with Crippen LogP contribution in [0.15, 0.2) is 17.5 Å². The number of hydrogen-bond acceptors (Lipinski definition) is 3. The zero-order chi connectivity index (χ0) is 15.1. The third kappa shape index (κ3) is 4.30. The van der Waals surface area contributed by atoms with Crippen molar-refractivity contribution >= 4 is 23.2 Å². The Morgan fingerprint density at radius 3 is 2.95 bits per heavy atom. The normalized spacial score (nSPS) is 18.5. The molecule has 2 rings (SSSR count). The molecule has 2 amide bonds. The maximum atomic E-state index is 12.5. The molecule has 1 unspecified atom stereocenters. The Morgan fingerprint density at radius 2 is 2.24 bits per heavy atom. The molecule has 2 heterocycles. The zero-order valence-electron chi connectivity index (χ0n) is 12.6. The van der Waals surface area contributed by atoms with Crippen LogP contribution in [0.25, 0.3) is 0 Å². The van der Waals surface area contributed by atoms with Gasteiger partial charge in [-0.1, -0.05) is 25.8 Å². The summed E-state index contributed by atoms with van der Waals surface area (Å²) in [5, 5.41) is 4.89. The molecule has 1 N–H and O–H groups in total. The molecule has 0 saturated carbocycles. The Labute approximate surface area is 130 Å². The number of hydrogen-bond donors (Lipinski definition) is 1. The fraction of sp³-hybridized carbons (Fsp3) is 0.625. The van der Waals surface area contributed by atoms with Gasteiger partial charge in [0.25, 0.3) is 5.91 Å². The second-order valence-electron chi connectivity index (χ2n) is 5.49. The molecule has 0 bridgehead atoms. The van der Waals surface area contributed by atoms with Gasteiger partial charge >= 0.3 is 0 Å². The first-order valence-corrected chi connectivity index (χ1v) is 8.74. The number of thiophene rings is 1. The van der Waals surface area contributed by atoms with Gasteiger partial charge < -0.3 is 10.2 Å². The highest BCUT2D eigenvalue weighted by molar-refractivity contribution is 7.12. The molecule has 5 heteroatoms. The number of likely N-dealkylation sites (tertiary alicyclic amines) is 1. The van der Waals surface area contributed by atoms with E-state index in [1.54, 1.807) is 4.90 Å². The standard InChI is InChI=1S/C16H24N2O2S/c1-2-3-5-10-17-15(19)13-8-4-6-11-18(13)16(20)14-9-7-12-21-14/h7,9,12-13H,2-6,8,10-11H2,1H3,(H,17,19). The summed E-state index contributed by atoms with van der Waals surface area (Å²) in [6.07, 6.45) is 6.05. The molecule has 1 aliphatic rings. The van der Waals surface area contributed by atoms with Gasteiger partial charge in [0.05, 0.1) is 4.88 Å². The molecule has 0 aromatic carbocycles. The maximum absolute atomic E-state index is 12.5. The second kappa shape index (κ2) is 8.17. The van der Waals surface area contributed by atoms with E-state index in [-0.39, 0.29) is 17.9 Å². The number of carbonyl (C=O) groups is 2. The summed E-state index contributed by atoms with van der Waals surface area (Å²) >= 11 is 1.44. The van der Waals surface area contributed by atoms with Crippen molar-refractivity contribution in [3.8, 4) is 0 Å². The first-order valence-electron chi connectivity index (χ1n) is 7.86. The van der Waals surface area contributed by atoms with Crippen molar-refractivity contribution in [2.45, 2.75) is 51.5 Å². The van der Waals surface area contributed by atoms with Gasteiger partial charge in [-0.25, -0.2) is 0 Å². The summed E-state index contributed by atoms with van der Waals surface area (Å²) in [6, 6.07) is 3.41. The highest BCUT2D eigenvalue weighted by atomic mass is 32.1. The minimum Gasteiger partial charge on any atom is -0.354 e. The number of nitrogens with one attached hydrogen (secondary N) is 1. The predicted molar refractivity (Wildman–Crippen MR) is 85.5 cm³/mol. The van der Waals surface area contributed by atoms with Gasteiger partial charge in [-0.3, -0.25) is 9.59 Å². The van der Waals surface area contributed by atoms with E-state index in [1.807, 2.05) is 17.5 Å². The second-order valence-corrected chi connectivity index (χ2v) is 6.43. The number of nitrogens with zero attached hydrogens (tertiary/aromatic N) is 1. The molecule has 0 spiro atoms. The van der Waals surface area contributed by atoms with Gasteiger partial charge in [-0.15, -0.1) is 11.3 Å². The van der Waals surface area contributed by atoms with Crippen LogP contribution in [0.4, 0.5) is 0 Å². The fourth-order valence-corrected chi connectivity index (χ4v) is 3.37. The van der Waals surface area contributed by atoms with Crippen LogP contribution in [0.1, 0.15) is 55.1 Å². The van der Waals surface area contributed by atoms with Crippen LogP contribution in [-0.2, 0) is 4.79 Å². The summed E-state index contributed by atoms with van der Waals surface area (Å²) in [5.41, 5.74) is 0.